The SMILES string of the molecule is CC[C@H]1CN(S(=O)(=O)c2ccc(Br)cc2Cl)CCO1. The van der Waals surface area contributed by atoms with Crippen LogP contribution in [-0.2, 0) is 14.8 Å². The maximum absolute atomic E-state index is 12.6. The first kappa shape index (κ1) is 15.3. The van der Waals surface area contributed by atoms with Crippen LogP contribution in [0.5, 0.6) is 0 Å². The van der Waals surface area contributed by atoms with Gasteiger partial charge in [-0.15, -0.1) is 0 Å². The van der Waals surface area contributed by atoms with Crippen molar-refractivity contribution < 1.29 is 13.2 Å². The van der Waals surface area contributed by atoms with Crippen molar-refractivity contribution in [2.75, 3.05) is 19.7 Å². The Hall–Kier alpha value is -0.140. The Balaban J connectivity index is 2.31. The molecule has 0 radical (unpaired) electrons. The van der Waals surface area contributed by atoms with Crippen molar-refractivity contribution in [3.8, 4) is 0 Å². The molecule has 0 spiro atoms. The van der Waals surface area contributed by atoms with Crippen molar-refractivity contribution in [1.82, 2.24) is 4.31 Å². The Labute approximate surface area is 126 Å². The van der Waals surface area contributed by atoms with Gasteiger partial charge in [0.25, 0.3) is 0 Å². The van der Waals surface area contributed by atoms with E-state index >= 15 is 0 Å². The maximum Gasteiger partial charge on any atom is 0.244 e. The van der Waals surface area contributed by atoms with Crippen molar-refractivity contribution in [1.29, 1.82) is 0 Å². The van der Waals surface area contributed by atoms with Gasteiger partial charge in [0.05, 0.1) is 17.7 Å². The highest BCUT2D eigenvalue weighted by molar-refractivity contribution is 9.10. The van der Waals surface area contributed by atoms with Crippen LogP contribution >= 0.6 is 27.5 Å². The number of benzene rings is 1. The van der Waals surface area contributed by atoms with Crippen LogP contribution in [0, 0.1) is 0 Å². The summed E-state index contributed by atoms with van der Waals surface area (Å²) in [5.41, 5.74) is 0. The van der Waals surface area contributed by atoms with E-state index in [4.69, 9.17) is 16.3 Å². The largest absolute Gasteiger partial charge is 0.375 e. The van der Waals surface area contributed by atoms with Crippen LogP contribution in [0.1, 0.15) is 13.3 Å². The molecular formula is C12H15BrClNO3S. The summed E-state index contributed by atoms with van der Waals surface area (Å²) in [4.78, 5) is 0.147. The number of hydrogen-bond donors (Lipinski definition) is 0. The summed E-state index contributed by atoms with van der Waals surface area (Å²) < 4.78 is 32.8. The smallest absolute Gasteiger partial charge is 0.244 e. The van der Waals surface area contributed by atoms with Gasteiger partial charge in [-0.05, 0) is 24.6 Å². The monoisotopic (exact) mass is 367 g/mol. The van der Waals surface area contributed by atoms with Crippen molar-refractivity contribution >= 4 is 37.6 Å². The molecule has 4 nitrogen and oxygen atoms in total. The van der Waals surface area contributed by atoms with Crippen LogP contribution in [-0.4, -0.2) is 38.5 Å². The van der Waals surface area contributed by atoms with Gasteiger partial charge in [-0.25, -0.2) is 8.42 Å². The molecule has 1 fully saturated rings. The average Bonchev–Trinajstić information content (AvgIpc) is 2.38. The molecule has 0 bridgehead atoms. The van der Waals surface area contributed by atoms with Crippen molar-refractivity contribution in [3.05, 3.63) is 27.7 Å². The number of ether oxygens (including phenoxy) is 1. The van der Waals surface area contributed by atoms with Crippen molar-refractivity contribution in [2.45, 2.75) is 24.3 Å². The van der Waals surface area contributed by atoms with Gasteiger partial charge in [-0.1, -0.05) is 34.5 Å². The van der Waals surface area contributed by atoms with E-state index in [-0.39, 0.29) is 16.0 Å². The van der Waals surface area contributed by atoms with E-state index in [9.17, 15) is 8.42 Å². The molecule has 7 heteroatoms. The molecule has 2 rings (SSSR count). The molecular weight excluding hydrogens is 354 g/mol. The highest BCUT2D eigenvalue weighted by atomic mass is 79.9. The summed E-state index contributed by atoms with van der Waals surface area (Å²) in [7, 11) is -3.55. The van der Waals surface area contributed by atoms with E-state index in [1.54, 1.807) is 12.1 Å². The molecule has 1 heterocycles. The molecule has 19 heavy (non-hydrogen) atoms. The van der Waals surface area contributed by atoms with Gasteiger partial charge in [0.2, 0.25) is 10.0 Å². The molecule has 1 atom stereocenters. The van der Waals surface area contributed by atoms with Gasteiger partial charge >= 0.3 is 0 Å². The van der Waals surface area contributed by atoms with E-state index in [2.05, 4.69) is 15.9 Å². The molecule has 0 aromatic heterocycles. The van der Waals surface area contributed by atoms with Gasteiger partial charge in [0.15, 0.2) is 0 Å². The Morgan fingerprint density at radius 3 is 2.89 bits per heavy atom. The fourth-order valence-electron chi connectivity index (χ4n) is 1.98. The molecule has 106 valence electrons. The van der Waals surface area contributed by atoms with Crippen molar-refractivity contribution in [3.63, 3.8) is 0 Å². The van der Waals surface area contributed by atoms with Crippen LogP contribution in [0.25, 0.3) is 0 Å². The third kappa shape index (κ3) is 3.31. The fourth-order valence-corrected chi connectivity index (χ4v) is 4.45. The minimum absolute atomic E-state index is 0.0438. The highest BCUT2D eigenvalue weighted by Crippen LogP contribution is 2.28. The zero-order valence-corrected chi connectivity index (χ0v) is 13.6. The zero-order valence-electron chi connectivity index (χ0n) is 10.5. The zero-order chi connectivity index (χ0) is 14.0. The highest BCUT2D eigenvalue weighted by Gasteiger charge is 2.31. The molecule has 0 amide bonds. The van der Waals surface area contributed by atoms with Crippen molar-refractivity contribution in [2.24, 2.45) is 0 Å². The third-order valence-corrected chi connectivity index (χ3v) is 5.91. The first-order valence-corrected chi connectivity index (χ1v) is 8.63. The van der Waals surface area contributed by atoms with E-state index in [0.29, 0.717) is 19.7 Å². The van der Waals surface area contributed by atoms with E-state index in [1.807, 2.05) is 6.92 Å². The van der Waals surface area contributed by atoms with E-state index in [1.165, 1.54) is 10.4 Å². The number of sulfonamides is 1. The maximum atomic E-state index is 12.6. The third-order valence-electron chi connectivity index (χ3n) is 3.07. The lowest BCUT2D eigenvalue weighted by atomic mass is 10.2. The number of morpholine rings is 1. The van der Waals surface area contributed by atoms with E-state index in [0.717, 1.165) is 10.9 Å². The Bertz CT molecular complexity index is 564. The lowest BCUT2D eigenvalue weighted by Crippen LogP contribution is -2.45. The van der Waals surface area contributed by atoms with Gasteiger partial charge in [0, 0.05) is 17.6 Å². The first-order valence-electron chi connectivity index (χ1n) is 6.02. The second-order valence-corrected chi connectivity index (χ2v) is 7.57. The van der Waals surface area contributed by atoms with Gasteiger partial charge in [-0.2, -0.15) is 4.31 Å². The topological polar surface area (TPSA) is 46.6 Å². The van der Waals surface area contributed by atoms with Gasteiger partial charge in [-0.3, -0.25) is 0 Å². The fraction of sp³-hybridized carbons (Fsp3) is 0.500. The Kier molecular flexibility index (Phi) is 4.89. The normalized spacial score (nSPS) is 21.5. The minimum atomic E-state index is -3.55. The lowest BCUT2D eigenvalue weighted by Gasteiger charge is -2.31. The van der Waals surface area contributed by atoms with Crippen LogP contribution in [0.2, 0.25) is 5.02 Å². The van der Waals surface area contributed by atoms with Gasteiger partial charge in [0.1, 0.15) is 4.90 Å². The molecule has 1 aromatic carbocycles. The summed E-state index contributed by atoms with van der Waals surface area (Å²) in [6.45, 7) is 3.15. The molecule has 1 aromatic rings. The molecule has 1 aliphatic heterocycles. The molecule has 0 unspecified atom stereocenters. The molecule has 0 N–H and O–H groups in total. The summed E-state index contributed by atoms with van der Waals surface area (Å²) in [6.07, 6.45) is 0.748. The van der Waals surface area contributed by atoms with Crippen LogP contribution in [0.15, 0.2) is 27.6 Å². The summed E-state index contributed by atoms with van der Waals surface area (Å²) in [5, 5.41) is 0.230. The number of halogens is 2. The van der Waals surface area contributed by atoms with Gasteiger partial charge < -0.3 is 4.74 Å². The Morgan fingerprint density at radius 1 is 1.53 bits per heavy atom. The minimum Gasteiger partial charge on any atom is -0.375 e. The average molecular weight is 369 g/mol. The summed E-state index contributed by atoms with van der Waals surface area (Å²) in [6, 6.07) is 4.79. The number of hydrogen-bond acceptors (Lipinski definition) is 3. The predicted molar refractivity (Wildman–Crippen MR) is 77.9 cm³/mol. The predicted octanol–water partition coefficient (Wildman–Crippen LogP) is 2.90. The van der Waals surface area contributed by atoms with E-state index < -0.39 is 10.0 Å². The standard InChI is InChI=1S/C12H15BrClNO3S/c1-2-10-8-15(5-6-18-10)19(16,17)12-4-3-9(13)7-11(12)14/h3-4,7,10H,2,5-6,8H2,1H3/t10-/m0/s1. The quantitative estimate of drug-likeness (QED) is 0.824. The number of nitrogens with zero attached hydrogens (tertiary/aromatic N) is 1. The molecule has 0 saturated carbocycles. The summed E-state index contributed by atoms with van der Waals surface area (Å²) >= 11 is 9.30. The second-order valence-electron chi connectivity index (χ2n) is 4.34. The lowest BCUT2D eigenvalue weighted by molar-refractivity contribution is -0.00277. The molecule has 1 aliphatic rings. The first-order chi connectivity index (χ1) is 8.95. The Morgan fingerprint density at radius 2 is 2.26 bits per heavy atom. The second kappa shape index (κ2) is 6.10. The molecule has 1 saturated heterocycles. The molecule has 0 aliphatic carbocycles. The number of rotatable bonds is 3. The van der Waals surface area contributed by atoms with Crippen LogP contribution < -0.4 is 0 Å². The summed E-state index contributed by atoms with van der Waals surface area (Å²) in [5.74, 6) is 0. The van der Waals surface area contributed by atoms with Crippen LogP contribution in [0.3, 0.4) is 0 Å². The van der Waals surface area contributed by atoms with Crippen LogP contribution in [0.4, 0.5) is 0 Å².